The van der Waals surface area contributed by atoms with Crippen LogP contribution in [-0.4, -0.2) is 23.6 Å². The third-order valence-corrected chi connectivity index (χ3v) is 3.29. The first kappa shape index (κ1) is 12.6. The lowest BCUT2D eigenvalue weighted by Gasteiger charge is -2.27. The number of rotatable bonds is 6. The second kappa shape index (κ2) is 5.58. The Hall–Kier alpha value is -0.450. The summed E-state index contributed by atoms with van der Waals surface area (Å²) in [5.41, 5.74) is 0.139. The average molecular weight is 227 g/mol. The minimum absolute atomic E-state index is 0.139. The van der Waals surface area contributed by atoms with Crippen molar-refractivity contribution in [2.45, 2.75) is 39.3 Å². The zero-order valence-electron chi connectivity index (χ0n) is 10.0. The molecule has 4 heteroatoms. The second-order valence-corrected chi connectivity index (χ2v) is 5.31. The van der Waals surface area contributed by atoms with Gasteiger partial charge in [-0.25, -0.2) is 4.98 Å². The molecule has 0 fully saturated rings. The molecule has 0 spiro atoms. The Labute approximate surface area is 96.3 Å². The van der Waals surface area contributed by atoms with E-state index in [1.807, 2.05) is 11.6 Å². The molecule has 2 N–H and O–H groups in total. The molecule has 0 aliphatic heterocycles. The van der Waals surface area contributed by atoms with Crippen molar-refractivity contribution in [2.75, 3.05) is 13.1 Å². The van der Waals surface area contributed by atoms with Crippen LogP contribution in [0.4, 0.5) is 0 Å². The molecule has 1 aromatic heterocycles. The van der Waals surface area contributed by atoms with Crippen molar-refractivity contribution >= 4 is 11.3 Å². The quantitative estimate of drug-likeness (QED) is 0.782. The Morgan fingerprint density at radius 1 is 1.53 bits per heavy atom. The van der Waals surface area contributed by atoms with Crippen molar-refractivity contribution in [3.8, 4) is 0 Å². The second-order valence-electron chi connectivity index (χ2n) is 4.39. The summed E-state index contributed by atoms with van der Waals surface area (Å²) in [6.07, 6.45) is 1.85. The molecule has 1 aromatic rings. The van der Waals surface area contributed by atoms with Gasteiger partial charge in [0.05, 0.1) is 6.04 Å². The highest BCUT2D eigenvalue weighted by Crippen LogP contribution is 2.15. The summed E-state index contributed by atoms with van der Waals surface area (Å²) in [6.45, 7) is 10.6. The van der Waals surface area contributed by atoms with Crippen molar-refractivity contribution < 1.29 is 0 Å². The number of hydrogen-bond acceptors (Lipinski definition) is 4. The van der Waals surface area contributed by atoms with Gasteiger partial charge < -0.3 is 10.6 Å². The summed E-state index contributed by atoms with van der Waals surface area (Å²) < 4.78 is 0. The van der Waals surface area contributed by atoms with E-state index in [1.165, 1.54) is 0 Å². The van der Waals surface area contributed by atoms with Gasteiger partial charge in [-0.1, -0.05) is 6.92 Å². The van der Waals surface area contributed by atoms with Crippen LogP contribution in [0.1, 0.15) is 38.7 Å². The predicted octanol–water partition coefficient (Wildman–Crippen LogP) is 2.18. The molecule has 0 amide bonds. The van der Waals surface area contributed by atoms with Gasteiger partial charge in [0, 0.05) is 23.7 Å². The van der Waals surface area contributed by atoms with Crippen LogP contribution in [0.5, 0.6) is 0 Å². The molecule has 0 aliphatic carbocycles. The Morgan fingerprint density at radius 3 is 2.80 bits per heavy atom. The molecular weight excluding hydrogens is 206 g/mol. The molecule has 0 aromatic carbocycles. The van der Waals surface area contributed by atoms with E-state index in [2.05, 4.69) is 43.3 Å². The molecule has 1 rings (SSSR count). The maximum absolute atomic E-state index is 4.30. The van der Waals surface area contributed by atoms with E-state index < -0.39 is 0 Å². The molecule has 0 saturated heterocycles. The third kappa shape index (κ3) is 4.28. The van der Waals surface area contributed by atoms with Gasteiger partial charge in [-0.3, -0.25) is 0 Å². The highest BCUT2D eigenvalue weighted by Gasteiger charge is 2.17. The molecule has 1 unspecified atom stereocenters. The minimum Gasteiger partial charge on any atom is -0.311 e. The first-order chi connectivity index (χ1) is 7.05. The summed E-state index contributed by atoms with van der Waals surface area (Å²) in [5.74, 6) is 0. The summed E-state index contributed by atoms with van der Waals surface area (Å²) in [6, 6.07) is 0.336. The molecule has 0 aliphatic rings. The van der Waals surface area contributed by atoms with Gasteiger partial charge in [-0.15, -0.1) is 11.3 Å². The zero-order valence-corrected chi connectivity index (χ0v) is 10.8. The number of aromatic nitrogens is 1. The van der Waals surface area contributed by atoms with Crippen LogP contribution in [-0.2, 0) is 0 Å². The van der Waals surface area contributed by atoms with Crippen molar-refractivity contribution in [1.82, 2.24) is 15.6 Å². The first-order valence-electron chi connectivity index (χ1n) is 5.43. The van der Waals surface area contributed by atoms with Gasteiger partial charge in [0.25, 0.3) is 0 Å². The van der Waals surface area contributed by atoms with Crippen molar-refractivity contribution in [1.29, 1.82) is 0 Å². The molecule has 0 bridgehead atoms. The number of thiazole rings is 1. The minimum atomic E-state index is 0.139. The lowest BCUT2D eigenvalue weighted by Crippen LogP contribution is -2.47. The third-order valence-electron chi connectivity index (χ3n) is 2.33. The van der Waals surface area contributed by atoms with Crippen LogP contribution in [0.15, 0.2) is 11.6 Å². The highest BCUT2D eigenvalue weighted by molar-refractivity contribution is 7.09. The smallest absolute Gasteiger partial charge is 0.109 e. The van der Waals surface area contributed by atoms with E-state index in [4.69, 9.17) is 0 Å². The van der Waals surface area contributed by atoms with E-state index in [-0.39, 0.29) is 5.54 Å². The van der Waals surface area contributed by atoms with Crippen LogP contribution in [0.3, 0.4) is 0 Å². The van der Waals surface area contributed by atoms with Gasteiger partial charge in [0.1, 0.15) is 5.01 Å². The first-order valence-corrected chi connectivity index (χ1v) is 6.31. The largest absolute Gasteiger partial charge is 0.311 e. The van der Waals surface area contributed by atoms with Gasteiger partial charge >= 0.3 is 0 Å². The Bertz CT molecular complexity index is 269. The molecule has 1 heterocycles. The molecular formula is C11H21N3S. The van der Waals surface area contributed by atoms with Crippen molar-refractivity contribution in [2.24, 2.45) is 0 Å². The standard InChI is InChI=1S/C11H21N3S/c1-5-14-11(3,4)8-13-9(2)10-12-6-7-15-10/h6-7,9,13-14H,5,8H2,1-4H3. The summed E-state index contributed by atoms with van der Waals surface area (Å²) in [5, 5.41) is 10.1. The Kier molecular flexibility index (Phi) is 4.70. The maximum atomic E-state index is 4.30. The summed E-state index contributed by atoms with van der Waals surface area (Å²) in [4.78, 5) is 4.30. The van der Waals surface area contributed by atoms with E-state index >= 15 is 0 Å². The highest BCUT2D eigenvalue weighted by atomic mass is 32.1. The summed E-state index contributed by atoms with van der Waals surface area (Å²) in [7, 11) is 0. The van der Waals surface area contributed by atoms with E-state index in [0.29, 0.717) is 6.04 Å². The van der Waals surface area contributed by atoms with Crippen molar-refractivity contribution in [3.05, 3.63) is 16.6 Å². The van der Waals surface area contributed by atoms with E-state index in [1.54, 1.807) is 11.3 Å². The van der Waals surface area contributed by atoms with Crippen molar-refractivity contribution in [3.63, 3.8) is 0 Å². The van der Waals surface area contributed by atoms with Crippen LogP contribution >= 0.6 is 11.3 Å². The van der Waals surface area contributed by atoms with Gasteiger partial charge in [0.15, 0.2) is 0 Å². The van der Waals surface area contributed by atoms with E-state index in [0.717, 1.165) is 18.1 Å². The molecule has 86 valence electrons. The van der Waals surface area contributed by atoms with Crippen LogP contribution in [0.25, 0.3) is 0 Å². The lowest BCUT2D eigenvalue weighted by molar-refractivity contribution is 0.357. The van der Waals surface area contributed by atoms with Gasteiger partial charge in [-0.05, 0) is 27.3 Å². The lowest BCUT2D eigenvalue weighted by atomic mass is 10.1. The van der Waals surface area contributed by atoms with E-state index in [9.17, 15) is 0 Å². The molecule has 0 radical (unpaired) electrons. The zero-order chi connectivity index (χ0) is 11.3. The Morgan fingerprint density at radius 2 is 2.27 bits per heavy atom. The molecule has 3 nitrogen and oxygen atoms in total. The van der Waals surface area contributed by atoms with Gasteiger partial charge in [-0.2, -0.15) is 0 Å². The monoisotopic (exact) mass is 227 g/mol. The topological polar surface area (TPSA) is 37.0 Å². The number of nitrogens with zero attached hydrogens (tertiary/aromatic N) is 1. The SMILES string of the molecule is CCNC(C)(C)CNC(C)c1nccs1. The summed E-state index contributed by atoms with van der Waals surface area (Å²) >= 11 is 1.70. The number of hydrogen-bond donors (Lipinski definition) is 2. The van der Waals surface area contributed by atoms with Crippen LogP contribution in [0.2, 0.25) is 0 Å². The maximum Gasteiger partial charge on any atom is 0.109 e. The number of nitrogens with one attached hydrogen (secondary N) is 2. The fraction of sp³-hybridized carbons (Fsp3) is 0.727. The normalized spacial score (nSPS) is 14.1. The Balaban J connectivity index is 2.37. The fourth-order valence-electron chi connectivity index (χ4n) is 1.48. The van der Waals surface area contributed by atoms with Crippen LogP contribution in [0, 0.1) is 0 Å². The molecule has 1 atom stereocenters. The van der Waals surface area contributed by atoms with Crippen LogP contribution < -0.4 is 10.6 Å². The fourth-order valence-corrected chi connectivity index (χ4v) is 2.16. The molecule has 0 saturated carbocycles. The predicted molar refractivity (Wildman–Crippen MR) is 66.3 cm³/mol. The molecule has 15 heavy (non-hydrogen) atoms. The van der Waals surface area contributed by atoms with Gasteiger partial charge in [0.2, 0.25) is 0 Å². The number of likely N-dealkylation sites (N-methyl/N-ethyl adjacent to an activating group) is 1. The average Bonchev–Trinajstić information content (AvgIpc) is 2.67.